The van der Waals surface area contributed by atoms with Gasteiger partial charge >= 0.3 is 0 Å². The Labute approximate surface area is 103 Å². The van der Waals surface area contributed by atoms with Crippen molar-refractivity contribution in [2.24, 2.45) is 0 Å². The van der Waals surface area contributed by atoms with Crippen molar-refractivity contribution < 1.29 is 8.78 Å². The van der Waals surface area contributed by atoms with Crippen molar-refractivity contribution in [3.05, 3.63) is 41.7 Å². The maximum atomic E-state index is 13.1. The SMILES string of the molecule is Fc1cc(F)cc(-c2ncc(CNC3CC3)[nH]2)c1. The number of benzene rings is 1. The standard InChI is InChI=1S/C13H13F2N3/c14-9-3-8(4-10(15)5-9)13-17-7-12(18-13)6-16-11-1-2-11/h3-5,7,11,16H,1-2,6H2,(H,17,18). The Bertz CT molecular complexity index is 541. The van der Waals surface area contributed by atoms with Crippen molar-refractivity contribution in [2.75, 3.05) is 0 Å². The smallest absolute Gasteiger partial charge is 0.137 e. The number of imidazole rings is 1. The number of aromatic nitrogens is 2. The molecule has 3 rings (SSSR count). The normalized spacial score (nSPS) is 15.0. The maximum Gasteiger partial charge on any atom is 0.137 e. The second-order valence-corrected chi connectivity index (χ2v) is 4.57. The van der Waals surface area contributed by atoms with Crippen LogP contribution in [0.1, 0.15) is 18.5 Å². The molecule has 0 saturated heterocycles. The molecule has 3 nitrogen and oxygen atoms in total. The van der Waals surface area contributed by atoms with Crippen LogP contribution in [0.2, 0.25) is 0 Å². The Kier molecular flexibility index (Phi) is 2.83. The molecule has 5 heteroatoms. The Balaban J connectivity index is 1.78. The zero-order chi connectivity index (χ0) is 12.5. The molecule has 2 aromatic rings. The topological polar surface area (TPSA) is 40.7 Å². The molecule has 2 N–H and O–H groups in total. The number of rotatable bonds is 4. The fraction of sp³-hybridized carbons (Fsp3) is 0.308. The number of halogens is 2. The third kappa shape index (κ3) is 2.56. The van der Waals surface area contributed by atoms with E-state index in [-0.39, 0.29) is 0 Å². The van der Waals surface area contributed by atoms with Gasteiger partial charge in [0.1, 0.15) is 17.5 Å². The van der Waals surface area contributed by atoms with Gasteiger partial charge in [-0.25, -0.2) is 13.8 Å². The Morgan fingerprint density at radius 3 is 2.61 bits per heavy atom. The van der Waals surface area contributed by atoms with Crippen LogP contribution in [0.4, 0.5) is 8.78 Å². The van der Waals surface area contributed by atoms with Gasteiger partial charge in [0.05, 0.1) is 0 Å². The van der Waals surface area contributed by atoms with Crippen LogP contribution in [-0.2, 0) is 6.54 Å². The number of hydrogen-bond donors (Lipinski definition) is 2. The van der Waals surface area contributed by atoms with Crippen LogP contribution in [0, 0.1) is 11.6 Å². The molecule has 1 fully saturated rings. The van der Waals surface area contributed by atoms with E-state index in [1.165, 1.54) is 25.0 Å². The first-order chi connectivity index (χ1) is 8.70. The molecule has 94 valence electrons. The molecule has 1 aromatic carbocycles. The van der Waals surface area contributed by atoms with Crippen LogP contribution in [0.5, 0.6) is 0 Å². The lowest BCUT2D eigenvalue weighted by Gasteiger charge is -2.00. The minimum absolute atomic E-state index is 0.421. The molecular formula is C13H13F2N3. The van der Waals surface area contributed by atoms with Gasteiger partial charge in [-0.15, -0.1) is 0 Å². The van der Waals surface area contributed by atoms with Crippen LogP contribution < -0.4 is 5.32 Å². The zero-order valence-electron chi connectivity index (χ0n) is 9.71. The molecule has 1 saturated carbocycles. The van der Waals surface area contributed by atoms with Crippen LogP contribution in [0.15, 0.2) is 24.4 Å². The van der Waals surface area contributed by atoms with E-state index in [9.17, 15) is 8.78 Å². The lowest BCUT2D eigenvalue weighted by atomic mass is 10.2. The fourth-order valence-corrected chi connectivity index (χ4v) is 1.83. The molecule has 1 aromatic heterocycles. The molecule has 1 heterocycles. The summed E-state index contributed by atoms with van der Waals surface area (Å²) in [5.74, 6) is -0.709. The number of aromatic amines is 1. The predicted molar refractivity (Wildman–Crippen MR) is 63.8 cm³/mol. The third-order valence-electron chi connectivity index (χ3n) is 2.92. The average Bonchev–Trinajstić information content (AvgIpc) is 3.02. The highest BCUT2D eigenvalue weighted by atomic mass is 19.1. The molecule has 0 radical (unpaired) electrons. The molecule has 1 aliphatic rings. The minimum atomic E-state index is -0.598. The molecule has 18 heavy (non-hydrogen) atoms. The Hall–Kier alpha value is -1.75. The van der Waals surface area contributed by atoms with Crippen LogP contribution >= 0.6 is 0 Å². The van der Waals surface area contributed by atoms with Gasteiger partial charge in [0, 0.05) is 36.1 Å². The first-order valence-corrected chi connectivity index (χ1v) is 5.94. The monoisotopic (exact) mass is 249 g/mol. The largest absolute Gasteiger partial charge is 0.341 e. The van der Waals surface area contributed by atoms with E-state index in [0.717, 1.165) is 11.8 Å². The summed E-state index contributed by atoms with van der Waals surface area (Å²) in [6.45, 7) is 0.704. The van der Waals surface area contributed by atoms with Crippen molar-refractivity contribution in [1.82, 2.24) is 15.3 Å². The summed E-state index contributed by atoms with van der Waals surface area (Å²) in [5, 5.41) is 3.34. The van der Waals surface area contributed by atoms with Gasteiger partial charge in [-0.1, -0.05) is 0 Å². The van der Waals surface area contributed by atoms with Gasteiger partial charge in [0.2, 0.25) is 0 Å². The third-order valence-corrected chi connectivity index (χ3v) is 2.92. The maximum absolute atomic E-state index is 13.1. The first-order valence-electron chi connectivity index (χ1n) is 5.94. The number of nitrogens with zero attached hydrogens (tertiary/aromatic N) is 1. The predicted octanol–water partition coefficient (Wildman–Crippen LogP) is 2.61. The quantitative estimate of drug-likeness (QED) is 0.874. The van der Waals surface area contributed by atoms with E-state index in [4.69, 9.17) is 0 Å². The summed E-state index contributed by atoms with van der Waals surface area (Å²) in [5.41, 5.74) is 1.34. The molecule has 0 spiro atoms. The fourth-order valence-electron chi connectivity index (χ4n) is 1.83. The van der Waals surface area contributed by atoms with E-state index in [1.54, 1.807) is 6.20 Å². The highest BCUT2D eigenvalue weighted by molar-refractivity contribution is 5.55. The van der Waals surface area contributed by atoms with Gasteiger partial charge in [-0.2, -0.15) is 0 Å². The van der Waals surface area contributed by atoms with Crippen LogP contribution in [-0.4, -0.2) is 16.0 Å². The van der Waals surface area contributed by atoms with Crippen LogP contribution in [0.3, 0.4) is 0 Å². The van der Waals surface area contributed by atoms with E-state index >= 15 is 0 Å². The van der Waals surface area contributed by atoms with Crippen molar-refractivity contribution in [3.8, 4) is 11.4 Å². The minimum Gasteiger partial charge on any atom is -0.341 e. The summed E-state index contributed by atoms with van der Waals surface area (Å²) in [7, 11) is 0. The second-order valence-electron chi connectivity index (χ2n) is 4.57. The molecule has 0 unspecified atom stereocenters. The van der Waals surface area contributed by atoms with Crippen molar-refractivity contribution in [1.29, 1.82) is 0 Å². The van der Waals surface area contributed by atoms with Gasteiger partial charge in [0.15, 0.2) is 0 Å². The van der Waals surface area contributed by atoms with Gasteiger partial charge in [0.25, 0.3) is 0 Å². The van der Waals surface area contributed by atoms with Gasteiger partial charge in [-0.3, -0.25) is 0 Å². The average molecular weight is 249 g/mol. The number of hydrogen-bond acceptors (Lipinski definition) is 2. The Morgan fingerprint density at radius 2 is 1.94 bits per heavy atom. The van der Waals surface area contributed by atoms with E-state index in [0.29, 0.717) is 24.0 Å². The zero-order valence-corrected chi connectivity index (χ0v) is 9.71. The molecule has 0 atom stereocenters. The Morgan fingerprint density at radius 1 is 1.22 bits per heavy atom. The molecule has 0 bridgehead atoms. The molecule has 0 amide bonds. The van der Waals surface area contributed by atoms with E-state index in [1.807, 2.05) is 0 Å². The lowest BCUT2D eigenvalue weighted by molar-refractivity contribution is 0.584. The molecular weight excluding hydrogens is 236 g/mol. The first kappa shape index (κ1) is 11.3. The highest BCUT2D eigenvalue weighted by Gasteiger charge is 2.20. The summed E-state index contributed by atoms with van der Waals surface area (Å²) in [6.07, 6.45) is 4.12. The van der Waals surface area contributed by atoms with Gasteiger partial charge < -0.3 is 10.3 Å². The highest BCUT2D eigenvalue weighted by Crippen LogP contribution is 2.21. The van der Waals surface area contributed by atoms with Crippen molar-refractivity contribution >= 4 is 0 Å². The molecule has 0 aliphatic heterocycles. The van der Waals surface area contributed by atoms with Gasteiger partial charge in [-0.05, 0) is 25.0 Å². The molecule has 1 aliphatic carbocycles. The van der Waals surface area contributed by atoms with Crippen molar-refractivity contribution in [2.45, 2.75) is 25.4 Å². The summed E-state index contributed by atoms with van der Waals surface area (Å²) in [6, 6.07) is 3.99. The summed E-state index contributed by atoms with van der Waals surface area (Å²) < 4.78 is 26.2. The second kappa shape index (κ2) is 4.49. The van der Waals surface area contributed by atoms with E-state index in [2.05, 4.69) is 15.3 Å². The lowest BCUT2D eigenvalue weighted by Crippen LogP contribution is -2.15. The van der Waals surface area contributed by atoms with E-state index < -0.39 is 11.6 Å². The number of nitrogens with one attached hydrogen (secondary N) is 2. The summed E-state index contributed by atoms with van der Waals surface area (Å²) in [4.78, 5) is 7.20. The van der Waals surface area contributed by atoms with Crippen LogP contribution in [0.25, 0.3) is 11.4 Å². The van der Waals surface area contributed by atoms with Crippen molar-refractivity contribution in [3.63, 3.8) is 0 Å². The summed E-state index contributed by atoms with van der Waals surface area (Å²) >= 11 is 0. The number of H-pyrrole nitrogens is 1.